The number of hydrogen-bond acceptors (Lipinski definition) is 1. The van der Waals surface area contributed by atoms with E-state index in [1.807, 2.05) is 20.8 Å². The van der Waals surface area contributed by atoms with Crippen molar-refractivity contribution in [1.29, 1.82) is 5.41 Å². The molecule has 0 heterocycles. The van der Waals surface area contributed by atoms with Gasteiger partial charge in [-0.1, -0.05) is 38.4 Å². The molecule has 0 aliphatic heterocycles. The van der Waals surface area contributed by atoms with Crippen LogP contribution in [-0.4, -0.2) is 5.84 Å². The fourth-order valence-electron chi connectivity index (χ4n) is 1.34. The van der Waals surface area contributed by atoms with E-state index in [-0.39, 0.29) is 22.0 Å². The van der Waals surface area contributed by atoms with E-state index in [0.29, 0.717) is 6.42 Å². The Bertz CT molecular complexity index is 396. The van der Waals surface area contributed by atoms with Crippen LogP contribution in [-0.2, 0) is 0 Å². The Labute approximate surface area is 100 Å². The predicted molar refractivity (Wildman–Crippen MR) is 66.8 cm³/mol. The minimum Gasteiger partial charge on any atom is -0.342 e. The van der Waals surface area contributed by atoms with Gasteiger partial charge < -0.3 is 5.32 Å². The van der Waals surface area contributed by atoms with Gasteiger partial charge in [0, 0.05) is 6.42 Å². The highest BCUT2D eigenvalue weighted by molar-refractivity contribution is 6.31. The second-order valence-electron chi connectivity index (χ2n) is 4.94. The van der Waals surface area contributed by atoms with Crippen LogP contribution < -0.4 is 5.32 Å². The average molecular weight is 243 g/mol. The van der Waals surface area contributed by atoms with E-state index in [9.17, 15) is 4.39 Å². The number of rotatable bonds is 2. The molecule has 0 aliphatic rings. The normalized spacial score (nSPS) is 11.3. The highest BCUT2D eigenvalue weighted by Gasteiger charge is 2.15. The predicted octanol–water partition coefficient (Wildman–Crippen LogP) is 4.30. The molecule has 0 atom stereocenters. The third kappa shape index (κ3) is 3.81. The fraction of sp³-hybridized carbons (Fsp3) is 0.417. The van der Waals surface area contributed by atoms with Gasteiger partial charge in [-0.2, -0.15) is 0 Å². The molecule has 16 heavy (non-hydrogen) atoms. The van der Waals surface area contributed by atoms with Gasteiger partial charge in [0.2, 0.25) is 0 Å². The molecule has 0 aliphatic carbocycles. The van der Waals surface area contributed by atoms with Crippen molar-refractivity contribution in [2.75, 3.05) is 5.32 Å². The summed E-state index contributed by atoms with van der Waals surface area (Å²) >= 11 is 5.64. The van der Waals surface area contributed by atoms with E-state index >= 15 is 0 Å². The number of nitrogens with one attached hydrogen (secondary N) is 2. The zero-order valence-electron chi connectivity index (χ0n) is 9.70. The molecule has 0 saturated heterocycles. The van der Waals surface area contributed by atoms with Crippen LogP contribution in [0.3, 0.4) is 0 Å². The van der Waals surface area contributed by atoms with Crippen LogP contribution in [0.4, 0.5) is 10.1 Å². The summed E-state index contributed by atoms with van der Waals surface area (Å²) in [5.74, 6) is -0.225. The van der Waals surface area contributed by atoms with E-state index in [0.717, 1.165) is 0 Å². The van der Waals surface area contributed by atoms with Gasteiger partial charge >= 0.3 is 0 Å². The molecule has 4 heteroatoms. The van der Waals surface area contributed by atoms with Crippen molar-refractivity contribution in [2.24, 2.45) is 5.41 Å². The lowest BCUT2D eigenvalue weighted by Gasteiger charge is -2.19. The topological polar surface area (TPSA) is 35.9 Å². The number of halogens is 2. The van der Waals surface area contributed by atoms with Crippen molar-refractivity contribution in [3.8, 4) is 0 Å². The Kier molecular flexibility index (Phi) is 3.92. The minimum absolute atomic E-state index is 0.000859. The van der Waals surface area contributed by atoms with Gasteiger partial charge in [0.1, 0.15) is 0 Å². The van der Waals surface area contributed by atoms with Crippen molar-refractivity contribution in [3.05, 3.63) is 29.0 Å². The van der Waals surface area contributed by atoms with Gasteiger partial charge in [-0.15, -0.1) is 0 Å². The van der Waals surface area contributed by atoms with E-state index in [1.165, 1.54) is 6.07 Å². The van der Waals surface area contributed by atoms with Crippen LogP contribution in [0.1, 0.15) is 27.2 Å². The van der Waals surface area contributed by atoms with Crippen LogP contribution in [0, 0.1) is 16.6 Å². The van der Waals surface area contributed by atoms with Crippen molar-refractivity contribution in [2.45, 2.75) is 27.2 Å². The highest BCUT2D eigenvalue weighted by atomic mass is 35.5. The van der Waals surface area contributed by atoms with E-state index < -0.39 is 5.82 Å². The Morgan fingerprint density at radius 1 is 1.44 bits per heavy atom. The van der Waals surface area contributed by atoms with Gasteiger partial charge in [-0.3, -0.25) is 5.41 Å². The summed E-state index contributed by atoms with van der Waals surface area (Å²) in [6.07, 6.45) is 0.555. The number of amidine groups is 1. The summed E-state index contributed by atoms with van der Waals surface area (Å²) < 4.78 is 13.5. The first kappa shape index (κ1) is 13.0. The van der Waals surface area contributed by atoms with Gasteiger partial charge in [-0.25, -0.2) is 4.39 Å². The molecule has 0 spiro atoms. The lowest BCUT2D eigenvalue weighted by Crippen LogP contribution is -2.19. The molecule has 1 aromatic rings. The summed E-state index contributed by atoms with van der Waals surface area (Å²) in [5, 5.41) is 10.5. The molecule has 2 nitrogen and oxygen atoms in total. The Morgan fingerprint density at radius 3 is 2.62 bits per heavy atom. The van der Waals surface area contributed by atoms with Crippen LogP contribution in [0.2, 0.25) is 5.02 Å². The summed E-state index contributed by atoms with van der Waals surface area (Å²) in [6, 6.07) is 4.70. The monoisotopic (exact) mass is 242 g/mol. The first-order valence-corrected chi connectivity index (χ1v) is 5.46. The Morgan fingerprint density at radius 2 is 2.06 bits per heavy atom. The molecule has 1 rings (SSSR count). The largest absolute Gasteiger partial charge is 0.342 e. The van der Waals surface area contributed by atoms with E-state index in [1.54, 1.807) is 12.1 Å². The molecular weight excluding hydrogens is 227 g/mol. The molecule has 0 fully saturated rings. The number of hydrogen-bond donors (Lipinski definition) is 2. The van der Waals surface area contributed by atoms with Crippen LogP contribution in [0.15, 0.2) is 18.2 Å². The average Bonchev–Trinajstić information content (AvgIpc) is 2.09. The number of anilines is 1. The lowest BCUT2D eigenvalue weighted by atomic mass is 9.92. The smallest absolute Gasteiger partial charge is 0.165 e. The highest BCUT2D eigenvalue weighted by Crippen LogP contribution is 2.24. The fourth-order valence-corrected chi connectivity index (χ4v) is 1.51. The first-order valence-electron chi connectivity index (χ1n) is 5.08. The Balaban J connectivity index is 2.74. The zero-order chi connectivity index (χ0) is 12.3. The summed E-state index contributed by atoms with van der Waals surface area (Å²) in [5.41, 5.74) is 0.251. The van der Waals surface area contributed by atoms with Crippen molar-refractivity contribution >= 4 is 23.1 Å². The van der Waals surface area contributed by atoms with Crippen molar-refractivity contribution in [1.82, 2.24) is 0 Å². The summed E-state index contributed by atoms with van der Waals surface area (Å²) in [4.78, 5) is 0. The van der Waals surface area contributed by atoms with Gasteiger partial charge in [0.15, 0.2) is 5.82 Å². The maximum Gasteiger partial charge on any atom is 0.165 e. The maximum absolute atomic E-state index is 13.5. The molecule has 0 saturated carbocycles. The minimum atomic E-state index is -0.511. The van der Waals surface area contributed by atoms with Crippen LogP contribution >= 0.6 is 11.6 Å². The zero-order valence-corrected chi connectivity index (χ0v) is 10.5. The molecule has 0 amide bonds. The van der Waals surface area contributed by atoms with Crippen molar-refractivity contribution < 1.29 is 4.39 Å². The Hall–Kier alpha value is -1.09. The van der Waals surface area contributed by atoms with Gasteiger partial charge in [-0.05, 0) is 17.5 Å². The maximum atomic E-state index is 13.5. The molecular formula is C12H16ClFN2. The summed E-state index contributed by atoms with van der Waals surface area (Å²) in [6.45, 7) is 6.08. The SMILES string of the molecule is CC(C)(C)CC(=N)Nc1cccc(Cl)c1F. The van der Waals surface area contributed by atoms with Gasteiger partial charge in [0.25, 0.3) is 0 Å². The number of benzene rings is 1. The van der Waals surface area contributed by atoms with Gasteiger partial charge in [0.05, 0.1) is 16.5 Å². The molecule has 0 bridgehead atoms. The third-order valence-corrected chi connectivity index (χ3v) is 2.24. The van der Waals surface area contributed by atoms with Crippen molar-refractivity contribution in [3.63, 3.8) is 0 Å². The first-order chi connectivity index (χ1) is 7.29. The van der Waals surface area contributed by atoms with Crippen LogP contribution in [0.25, 0.3) is 0 Å². The standard InChI is InChI=1S/C12H16ClFN2/c1-12(2,3)7-10(15)16-9-6-4-5-8(13)11(9)14/h4-6H,7H2,1-3H3,(H2,15,16). The molecule has 0 aromatic heterocycles. The molecule has 2 N–H and O–H groups in total. The quantitative estimate of drug-likeness (QED) is 0.589. The molecule has 88 valence electrons. The molecule has 0 radical (unpaired) electrons. The molecule has 1 aromatic carbocycles. The lowest BCUT2D eigenvalue weighted by molar-refractivity contribution is 0.433. The third-order valence-electron chi connectivity index (χ3n) is 1.94. The van der Waals surface area contributed by atoms with Crippen LogP contribution in [0.5, 0.6) is 0 Å². The summed E-state index contributed by atoms with van der Waals surface area (Å²) in [7, 11) is 0. The second kappa shape index (κ2) is 4.83. The van der Waals surface area contributed by atoms with E-state index in [2.05, 4.69) is 5.32 Å². The molecule has 0 unspecified atom stereocenters. The van der Waals surface area contributed by atoms with E-state index in [4.69, 9.17) is 17.0 Å². The second-order valence-corrected chi connectivity index (χ2v) is 5.35.